The van der Waals surface area contributed by atoms with E-state index in [1.165, 1.54) is 79.4 Å². The van der Waals surface area contributed by atoms with E-state index in [0.29, 0.717) is 0 Å². The number of carboxylic acid groups (broad SMARTS) is 1. The molecule has 170 valence electrons. The monoisotopic (exact) mass is 436 g/mol. The van der Waals surface area contributed by atoms with Crippen molar-refractivity contribution in [3.05, 3.63) is 47.0 Å². The first-order valence-corrected chi connectivity index (χ1v) is 12.0. The third-order valence-corrected chi connectivity index (χ3v) is 9.25. The third kappa shape index (κ3) is 3.41. The molecule has 1 N–H and O–H groups in total. The molecular weight excluding hydrogens is 404 g/mol. The van der Waals surface area contributed by atoms with Crippen molar-refractivity contribution in [3.63, 3.8) is 0 Å². The minimum absolute atomic E-state index is 0.00720. The van der Waals surface area contributed by atoms with Gasteiger partial charge in [0.25, 0.3) is 0 Å². The lowest BCUT2D eigenvalue weighted by atomic mass is 9.36. The molecule has 0 spiro atoms. The van der Waals surface area contributed by atoms with Crippen LogP contribution in [0.5, 0.6) is 0 Å². The number of carbonyl (C=O) groups is 3. The Morgan fingerprint density at radius 3 is 1.62 bits per heavy atom. The minimum atomic E-state index is -1.15. The number of carbonyl (C=O) groups excluding carboxylic acids is 2. The number of hydrogen-bond donors (Lipinski definition) is 1. The Morgan fingerprint density at radius 1 is 0.844 bits per heavy atom. The van der Waals surface area contributed by atoms with Crippen LogP contribution in [0.25, 0.3) is 0 Å². The van der Waals surface area contributed by atoms with Crippen LogP contribution in [0, 0.1) is 54.3 Å². The molecule has 0 saturated heterocycles. The molecule has 0 atom stereocenters. The second-order valence-corrected chi connectivity index (χ2v) is 10.9. The van der Waals surface area contributed by atoms with Crippen molar-refractivity contribution in [2.45, 2.75) is 52.4 Å². The molecule has 1 aromatic rings. The Morgan fingerprint density at radius 2 is 1.25 bits per heavy atom. The van der Waals surface area contributed by atoms with E-state index in [1.54, 1.807) is 38.5 Å². The summed E-state index contributed by atoms with van der Waals surface area (Å²) in [6.45, 7) is 6.24. The fraction of sp³-hybridized carbons (Fsp3) is 0.593. The van der Waals surface area contributed by atoms with E-state index in [1.807, 2.05) is 0 Å². The van der Waals surface area contributed by atoms with Crippen molar-refractivity contribution >= 4 is 17.9 Å². The van der Waals surface area contributed by atoms with Crippen molar-refractivity contribution < 1.29 is 24.2 Å². The van der Waals surface area contributed by atoms with Gasteiger partial charge in [-0.15, -0.1) is 0 Å². The van der Waals surface area contributed by atoms with Crippen LogP contribution >= 0.6 is 0 Å². The van der Waals surface area contributed by atoms with Crippen molar-refractivity contribution in [1.29, 1.82) is 0 Å². The maximum atomic E-state index is 11.7. The maximum absolute atomic E-state index is 11.7. The van der Waals surface area contributed by atoms with Crippen LogP contribution < -0.4 is 0 Å². The van der Waals surface area contributed by atoms with Gasteiger partial charge < -0.3 is 9.84 Å². The molecule has 1 aromatic carbocycles. The first-order chi connectivity index (χ1) is 15.2. The minimum Gasteiger partial charge on any atom is -0.478 e. The predicted octanol–water partition coefficient (Wildman–Crippen LogP) is 5.28. The second-order valence-electron chi connectivity index (χ2n) is 10.9. The lowest BCUT2D eigenvalue weighted by Gasteiger charge is -2.69. The fourth-order valence-corrected chi connectivity index (χ4v) is 8.20. The average Bonchev–Trinajstić information content (AvgIpc) is 2.77. The lowest BCUT2D eigenvalue weighted by molar-refractivity contribution is -0.202. The van der Waals surface area contributed by atoms with Gasteiger partial charge >= 0.3 is 17.9 Å². The van der Waals surface area contributed by atoms with Crippen LogP contribution in [0.4, 0.5) is 0 Å². The van der Waals surface area contributed by atoms with Gasteiger partial charge in [-0.1, -0.05) is 12.6 Å². The molecule has 8 rings (SSSR count). The van der Waals surface area contributed by atoms with E-state index in [-0.39, 0.29) is 22.3 Å². The molecule has 0 unspecified atom stereocenters. The zero-order valence-electron chi connectivity index (χ0n) is 18.9. The van der Waals surface area contributed by atoms with Crippen LogP contribution in [0.3, 0.4) is 0 Å². The smallest absolute Gasteiger partial charge is 0.346 e. The molecule has 7 aliphatic carbocycles. The molecule has 5 nitrogen and oxygen atoms in total. The molecule has 5 heteroatoms. The van der Waals surface area contributed by atoms with Gasteiger partial charge in [-0.2, -0.15) is 0 Å². The Hall–Kier alpha value is -2.43. The van der Waals surface area contributed by atoms with Gasteiger partial charge in [-0.05, 0) is 117 Å². The summed E-state index contributed by atoms with van der Waals surface area (Å²) in [6.07, 6.45) is 9.93. The van der Waals surface area contributed by atoms with E-state index >= 15 is 0 Å². The highest BCUT2D eigenvalue weighted by atomic mass is 16.6. The van der Waals surface area contributed by atoms with Crippen LogP contribution in [0.2, 0.25) is 0 Å². The number of aromatic carboxylic acids is 1. The summed E-state index contributed by atoms with van der Waals surface area (Å²) in [5, 5.41) is 8.91. The van der Waals surface area contributed by atoms with Gasteiger partial charge in [0.05, 0.1) is 11.1 Å². The summed E-state index contributed by atoms with van der Waals surface area (Å²) in [5.41, 5.74) is 0.386. The molecule has 0 radical (unpaired) electrons. The van der Waals surface area contributed by atoms with E-state index in [4.69, 9.17) is 5.11 Å². The molecule has 0 heterocycles. The van der Waals surface area contributed by atoms with Crippen molar-refractivity contribution in [2.24, 2.45) is 47.3 Å². The topological polar surface area (TPSA) is 80.7 Å². The molecule has 7 fully saturated rings. The normalized spacial score (nSPS) is 36.9. The zero-order valence-corrected chi connectivity index (χ0v) is 18.9. The van der Waals surface area contributed by atoms with Gasteiger partial charge in [-0.25, -0.2) is 14.4 Å². The summed E-state index contributed by atoms with van der Waals surface area (Å²) in [6, 6.07) is 4.18. The van der Waals surface area contributed by atoms with Crippen molar-refractivity contribution in [1.82, 2.24) is 0 Å². The van der Waals surface area contributed by atoms with Crippen molar-refractivity contribution in [3.8, 4) is 0 Å². The molecular formula is C27H32O5. The van der Waals surface area contributed by atoms with E-state index < -0.39 is 17.9 Å². The van der Waals surface area contributed by atoms with E-state index in [9.17, 15) is 14.4 Å². The number of benzene rings is 1. The van der Waals surface area contributed by atoms with E-state index in [2.05, 4.69) is 11.3 Å². The highest BCUT2D eigenvalue weighted by Crippen LogP contribution is 2.71. The summed E-state index contributed by atoms with van der Waals surface area (Å²) >= 11 is 0. The Balaban J connectivity index is 0.000000137. The molecule has 0 amide bonds. The number of hydrogen-bond acceptors (Lipinski definition) is 4. The lowest BCUT2D eigenvalue weighted by Crippen LogP contribution is -2.62. The summed E-state index contributed by atoms with van der Waals surface area (Å²) < 4.78 is 4.54. The highest BCUT2D eigenvalue weighted by molar-refractivity contribution is 6.04. The zero-order chi connectivity index (χ0) is 22.7. The van der Waals surface area contributed by atoms with Crippen LogP contribution in [-0.4, -0.2) is 23.0 Å². The summed E-state index contributed by atoms with van der Waals surface area (Å²) in [7, 11) is 0. The first kappa shape index (κ1) is 21.4. The maximum Gasteiger partial charge on any atom is 0.346 e. The molecule has 7 saturated carbocycles. The fourth-order valence-electron chi connectivity index (χ4n) is 8.20. The molecule has 7 aliphatic rings. The van der Waals surface area contributed by atoms with Gasteiger partial charge in [0, 0.05) is 5.57 Å². The largest absolute Gasteiger partial charge is 0.478 e. The summed E-state index contributed by atoms with van der Waals surface area (Å²) in [4.78, 5) is 33.8. The first-order valence-electron chi connectivity index (χ1n) is 12.0. The van der Waals surface area contributed by atoms with Gasteiger partial charge in [0.15, 0.2) is 0 Å². The third-order valence-electron chi connectivity index (χ3n) is 9.25. The van der Waals surface area contributed by atoms with Crippen molar-refractivity contribution in [2.75, 3.05) is 0 Å². The highest BCUT2D eigenvalue weighted by Gasteiger charge is 2.63. The standard InChI is InChI=1S/C14H20.C13H12O5/c1-7-2-12-10-4-8-5-11(9(1)10)13(3-7)14(12)6-8;1-7(2)12(16)18-13(17)10-6-4-5-9(8(10)3)11(14)15/h7-14H,1-6H2;4-6H,1H2,2-3H3,(H,14,15). The molecule has 0 aliphatic heterocycles. The molecule has 32 heavy (non-hydrogen) atoms. The number of ether oxygens (including phenoxy) is 1. The number of esters is 2. The molecule has 0 aromatic heterocycles. The van der Waals surface area contributed by atoms with Crippen LogP contribution in [0.15, 0.2) is 30.4 Å². The Labute approximate surface area is 189 Å². The SMILES string of the molecule is C1C2CC3C4CC5CC(C14)C(C2)C3C5.C=C(C)C(=O)OC(=O)c1cccc(C(=O)O)c1C. The van der Waals surface area contributed by atoms with Crippen LogP contribution in [0.1, 0.15) is 71.7 Å². The quantitative estimate of drug-likeness (QED) is 0.396. The molecule has 8 bridgehead atoms. The van der Waals surface area contributed by atoms with E-state index in [0.717, 1.165) is 0 Å². The van der Waals surface area contributed by atoms with Gasteiger partial charge in [-0.3, -0.25) is 0 Å². The Kier molecular flexibility index (Phi) is 5.26. The summed E-state index contributed by atoms with van der Waals surface area (Å²) in [5.74, 6) is 6.88. The predicted molar refractivity (Wildman–Crippen MR) is 119 cm³/mol. The van der Waals surface area contributed by atoms with Gasteiger partial charge in [0.2, 0.25) is 0 Å². The number of rotatable bonds is 3. The second kappa shape index (κ2) is 7.86. The van der Waals surface area contributed by atoms with Gasteiger partial charge in [0.1, 0.15) is 0 Å². The van der Waals surface area contributed by atoms with Crippen LogP contribution in [-0.2, 0) is 9.53 Å². The average molecular weight is 437 g/mol. The Bertz CT molecular complexity index is 904. The number of carboxylic acids is 1.